The Balaban J connectivity index is 2.67. The smallest absolute Gasteiger partial charge is 0.161 e. The Kier molecular flexibility index (Phi) is 7.08. The third-order valence-electron chi connectivity index (χ3n) is 2.62. The molecular weight excluding hydrogens is 264 g/mol. The number of rotatable bonds is 8. The van der Waals surface area contributed by atoms with Gasteiger partial charge in [-0.05, 0) is 25.0 Å². The van der Waals surface area contributed by atoms with E-state index in [0.29, 0.717) is 0 Å². The van der Waals surface area contributed by atoms with Crippen molar-refractivity contribution >= 4 is 0 Å². The first-order valence-corrected chi connectivity index (χ1v) is 6.48. The predicted molar refractivity (Wildman–Crippen MR) is 71.4 cm³/mol. The lowest BCUT2D eigenvalue weighted by atomic mass is 10.0. The summed E-state index contributed by atoms with van der Waals surface area (Å²) in [7, 11) is 0. The molecule has 20 heavy (non-hydrogen) atoms. The highest BCUT2D eigenvalue weighted by atomic mass is 16.7. The number of hydrogen-bond acceptors (Lipinski definition) is 6. The molecule has 4 unspecified atom stereocenters. The van der Waals surface area contributed by atoms with E-state index in [4.69, 9.17) is 19.7 Å². The molecule has 0 saturated heterocycles. The van der Waals surface area contributed by atoms with Crippen LogP contribution in [0.4, 0.5) is 0 Å². The van der Waals surface area contributed by atoms with Crippen molar-refractivity contribution in [3.05, 3.63) is 35.4 Å². The molecule has 114 valence electrons. The van der Waals surface area contributed by atoms with E-state index in [-0.39, 0.29) is 12.8 Å². The Morgan fingerprint density at radius 2 is 1.15 bits per heavy atom. The zero-order valence-electron chi connectivity index (χ0n) is 11.6. The van der Waals surface area contributed by atoms with Gasteiger partial charge in [0.15, 0.2) is 25.2 Å². The zero-order chi connectivity index (χ0) is 15.1. The van der Waals surface area contributed by atoms with Crippen LogP contribution in [-0.4, -0.2) is 45.6 Å². The van der Waals surface area contributed by atoms with Gasteiger partial charge in [-0.25, -0.2) is 0 Å². The van der Waals surface area contributed by atoms with Crippen LogP contribution in [0.25, 0.3) is 0 Å². The van der Waals surface area contributed by atoms with E-state index in [1.165, 1.54) is 13.8 Å². The highest BCUT2D eigenvalue weighted by molar-refractivity contribution is 5.27. The van der Waals surface area contributed by atoms with E-state index in [1.807, 2.05) is 0 Å². The molecule has 0 aromatic heterocycles. The number of aliphatic hydroxyl groups is 4. The summed E-state index contributed by atoms with van der Waals surface area (Å²) in [6.07, 6.45) is -4.01. The van der Waals surface area contributed by atoms with Crippen LogP contribution in [0.3, 0.4) is 0 Å². The fraction of sp³-hybridized carbons (Fsp3) is 0.571. The van der Waals surface area contributed by atoms with Crippen molar-refractivity contribution < 1.29 is 29.9 Å². The Bertz CT molecular complexity index is 356. The summed E-state index contributed by atoms with van der Waals surface area (Å²) in [5.41, 5.74) is 1.54. The first kappa shape index (κ1) is 17.0. The minimum atomic E-state index is -1.13. The minimum Gasteiger partial charge on any atom is -0.368 e. The maximum Gasteiger partial charge on any atom is 0.161 e. The van der Waals surface area contributed by atoms with E-state index in [9.17, 15) is 10.2 Å². The molecule has 1 aromatic carbocycles. The topological polar surface area (TPSA) is 99.4 Å². The lowest BCUT2D eigenvalue weighted by molar-refractivity contribution is -0.200. The van der Waals surface area contributed by atoms with E-state index in [2.05, 4.69) is 0 Å². The summed E-state index contributed by atoms with van der Waals surface area (Å²) in [5.74, 6) is 0. The van der Waals surface area contributed by atoms with Gasteiger partial charge in [0.2, 0.25) is 0 Å². The fourth-order valence-corrected chi connectivity index (χ4v) is 1.88. The van der Waals surface area contributed by atoms with Crippen LogP contribution in [0.5, 0.6) is 0 Å². The molecule has 0 aliphatic carbocycles. The minimum absolute atomic E-state index is 0.183. The standard InChI is InChI=1S/C14H22O6/c1-9(15)19-13(17)7-11-5-3-4-6-12(11)8-14(18)20-10(2)16/h3-6,9-10,13-18H,7-8H2,1-2H3. The highest BCUT2D eigenvalue weighted by Crippen LogP contribution is 2.15. The van der Waals surface area contributed by atoms with Crippen LogP contribution >= 0.6 is 0 Å². The second kappa shape index (κ2) is 8.31. The van der Waals surface area contributed by atoms with E-state index in [0.717, 1.165) is 11.1 Å². The first-order chi connectivity index (χ1) is 9.38. The molecule has 0 aliphatic rings. The van der Waals surface area contributed by atoms with Crippen molar-refractivity contribution in [2.45, 2.75) is 51.8 Å². The van der Waals surface area contributed by atoms with E-state index < -0.39 is 25.2 Å². The van der Waals surface area contributed by atoms with Gasteiger partial charge >= 0.3 is 0 Å². The van der Waals surface area contributed by atoms with Gasteiger partial charge in [0, 0.05) is 12.8 Å². The van der Waals surface area contributed by atoms with Crippen LogP contribution in [-0.2, 0) is 22.3 Å². The zero-order valence-corrected chi connectivity index (χ0v) is 11.6. The fourth-order valence-electron chi connectivity index (χ4n) is 1.88. The van der Waals surface area contributed by atoms with Gasteiger partial charge < -0.3 is 29.9 Å². The second-order valence-electron chi connectivity index (χ2n) is 4.56. The molecule has 0 aliphatic heterocycles. The lowest BCUT2D eigenvalue weighted by Crippen LogP contribution is -2.24. The van der Waals surface area contributed by atoms with Gasteiger partial charge in [-0.15, -0.1) is 0 Å². The number of hydrogen-bond donors (Lipinski definition) is 4. The Hall–Kier alpha value is -1.02. The van der Waals surface area contributed by atoms with Crippen LogP contribution < -0.4 is 0 Å². The van der Waals surface area contributed by atoms with E-state index >= 15 is 0 Å². The average Bonchev–Trinajstić information content (AvgIpc) is 2.29. The molecule has 0 bridgehead atoms. The molecule has 4 N–H and O–H groups in total. The quantitative estimate of drug-likeness (QED) is 0.507. The molecule has 0 radical (unpaired) electrons. The van der Waals surface area contributed by atoms with Gasteiger partial charge in [0.1, 0.15) is 0 Å². The van der Waals surface area contributed by atoms with Crippen LogP contribution in [0.1, 0.15) is 25.0 Å². The van der Waals surface area contributed by atoms with Gasteiger partial charge in [-0.2, -0.15) is 0 Å². The Morgan fingerprint density at radius 3 is 1.45 bits per heavy atom. The van der Waals surface area contributed by atoms with Crippen molar-refractivity contribution in [3.8, 4) is 0 Å². The van der Waals surface area contributed by atoms with Crippen molar-refractivity contribution in [2.24, 2.45) is 0 Å². The summed E-state index contributed by atoms with van der Waals surface area (Å²) in [6, 6.07) is 7.18. The molecule has 1 rings (SSSR count). The van der Waals surface area contributed by atoms with E-state index in [1.54, 1.807) is 24.3 Å². The number of ether oxygens (including phenoxy) is 2. The summed E-state index contributed by atoms with van der Waals surface area (Å²) in [4.78, 5) is 0. The molecule has 0 heterocycles. The van der Waals surface area contributed by atoms with Crippen LogP contribution in [0.15, 0.2) is 24.3 Å². The molecule has 0 saturated carbocycles. The third-order valence-corrected chi connectivity index (χ3v) is 2.62. The number of benzene rings is 1. The third kappa shape index (κ3) is 6.42. The van der Waals surface area contributed by atoms with Crippen molar-refractivity contribution in [1.29, 1.82) is 0 Å². The van der Waals surface area contributed by atoms with Crippen molar-refractivity contribution in [2.75, 3.05) is 0 Å². The van der Waals surface area contributed by atoms with Crippen LogP contribution in [0, 0.1) is 0 Å². The molecule has 6 heteroatoms. The normalized spacial score (nSPS) is 17.5. The molecular formula is C14H22O6. The summed E-state index contributed by atoms with van der Waals surface area (Å²) < 4.78 is 9.71. The Labute approximate surface area is 118 Å². The van der Waals surface area contributed by atoms with Crippen molar-refractivity contribution in [1.82, 2.24) is 0 Å². The maximum absolute atomic E-state index is 9.66. The SMILES string of the molecule is CC(O)OC(O)Cc1ccccc1CC(O)OC(C)O. The maximum atomic E-state index is 9.66. The first-order valence-electron chi connectivity index (χ1n) is 6.48. The largest absolute Gasteiger partial charge is 0.368 e. The van der Waals surface area contributed by atoms with Gasteiger partial charge in [-0.3, -0.25) is 0 Å². The Morgan fingerprint density at radius 1 is 0.800 bits per heavy atom. The summed E-state index contributed by atoms with van der Waals surface area (Å²) in [5, 5.41) is 37.4. The molecule has 0 fully saturated rings. The lowest BCUT2D eigenvalue weighted by Gasteiger charge is -2.18. The van der Waals surface area contributed by atoms with Gasteiger partial charge in [0.05, 0.1) is 0 Å². The molecule has 4 atom stereocenters. The van der Waals surface area contributed by atoms with Gasteiger partial charge in [0.25, 0.3) is 0 Å². The molecule has 6 nitrogen and oxygen atoms in total. The molecule has 1 aromatic rings. The molecule has 0 spiro atoms. The van der Waals surface area contributed by atoms with Crippen molar-refractivity contribution in [3.63, 3.8) is 0 Å². The molecule has 0 amide bonds. The summed E-state index contributed by atoms with van der Waals surface area (Å²) >= 11 is 0. The van der Waals surface area contributed by atoms with Gasteiger partial charge in [-0.1, -0.05) is 24.3 Å². The highest BCUT2D eigenvalue weighted by Gasteiger charge is 2.15. The monoisotopic (exact) mass is 286 g/mol. The summed E-state index contributed by atoms with van der Waals surface area (Å²) in [6.45, 7) is 2.82. The van der Waals surface area contributed by atoms with Crippen LogP contribution in [0.2, 0.25) is 0 Å². The number of aliphatic hydroxyl groups excluding tert-OH is 4. The second-order valence-corrected chi connectivity index (χ2v) is 4.56. The average molecular weight is 286 g/mol. The predicted octanol–water partition coefficient (Wildman–Crippen LogP) is 0.118.